The van der Waals surface area contributed by atoms with E-state index in [-0.39, 0.29) is 30.9 Å². The van der Waals surface area contributed by atoms with Crippen LogP contribution in [0.25, 0.3) is 5.82 Å². The van der Waals surface area contributed by atoms with Crippen LogP contribution >= 0.6 is 11.6 Å². The van der Waals surface area contributed by atoms with Crippen LogP contribution in [0.2, 0.25) is 5.15 Å². The van der Waals surface area contributed by atoms with E-state index in [1.807, 2.05) is 0 Å². The van der Waals surface area contributed by atoms with Crippen molar-refractivity contribution in [3.8, 4) is 5.82 Å². The topological polar surface area (TPSA) is 83.3 Å². The number of pyridine rings is 1. The lowest BCUT2D eigenvalue weighted by Crippen LogP contribution is -2.12. The first-order valence-corrected chi connectivity index (χ1v) is 7.47. The Balaban J connectivity index is 2.38. The van der Waals surface area contributed by atoms with Gasteiger partial charge in [-0.05, 0) is 26.0 Å². The Morgan fingerprint density at radius 3 is 2.61 bits per heavy atom. The van der Waals surface area contributed by atoms with Crippen molar-refractivity contribution < 1.29 is 19.1 Å². The third kappa shape index (κ3) is 4.29. The molecular weight excluding hydrogens is 322 g/mol. The van der Waals surface area contributed by atoms with Crippen molar-refractivity contribution in [3.05, 3.63) is 40.8 Å². The second-order valence-corrected chi connectivity index (χ2v) is 4.84. The first kappa shape index (κ1) is 17.0. The number of carbonyl (C=O) groups is 2. The Hall–Kier alpha value is -2.41. The molecule has 0 aliphatic heterocycles. The summed E-state index contributed by atoms with van der Waals surface area (Å²) in [6.45, 7) is 3.88. The number of halogens is 1. The predicted octanol–water partition coefficient (Wildman–Crippen LogP) is 2.20. The van der Waals surface area contributed by atoms with E-state index in [2.05, 4.69) is 10.1 Å². The molecule has 0 spiro atoms. The fourth-order valence-electron chi connectivity index (χ4n) is 1.91. The third-order valence-corrected chi connectivity index (χ3v) is 3.05. The van der Waals surface area contributed by atoms with Gasteiger partial charge in [0.15, 0.2) is 5.82 Å². The summed E-state index contributed by atoms with van der Waals surface area (Å²) < 4.78 is 11.3. The third-order valence-electron chi connectivity index (χ3n) is 2.84. The monoisotopic (exact) mass is 337 g/mol. The molecule has 0 radical (unpaired) electrons. The van der Waals surface area contributed by atoms with Crippen LogP contribution in [0.3, 0.4) is 0 Å². The number of hydrogen-bond acceptors (Lipinski definition) is 6. The van der Waals surface area contributed by atoms with E-state index in [0.717, 1.165) is 0 Å². The molecule has 7 nitrogen and oxygen atoms in total. The number of nitrogens with zero attached hydrogens (tertiary/aromatic N) is 3. The average molecular weight is 338 g/mol. The number of carbonyl (C=O) groups excluding carboxylic acids is 2. The molecule has 2 aromatic heterocycles. The Morgan fingerprint density at radius 1 is 1.22 bits per heavy atom. The molecule has 0 saturated heterocycles. The van der Waals surface area contributed by atoms with Crippen molar-refractivity contribution in [3.63, 3.8) is 0 Å². The standard InChI is InChI=1S/C15H16ClN3O4/c1-3-22-14(20)8-11-10(15(21)23-4-2)9-19(18-11)13-7-5-6-12(16)17-13/h5-7,9H,3-4,8H2,1-2H3. The van der Waals surface area contributed by atoms with Gasteiger partial charge in [0, 0.05) is 6.20 Å². The number of esters is 2. The Bertz CT molecular complexity index is 714. The van der Waals surface area contributed by atoms with Gasteiger partial charge in [0.1, 0.15) is 10.7 Å². The Morgan fingerprint density at radius 2 is 1.96 bits per heavy atom. The Labute approximate surface area is 138 Å². The summed E-state index contributed by atoms with van der Waals surface area (Å²) in [7, 11) is 0. The smallest absolute Gasteiger partial charge is 0.341 e. The van der Waals surface area contributed by atoms with Crippen LogP contribution < -0.4 is 0 Å². The minimum atomic E-state index is -0.555. The molecule has 8 heteroatoms. The Kier molecular flexibility index (Phi) is 5.70. The maximum atomic E-state index is 12.0. The maximum absolute atomic E-state index is 12.0. The normalized spacial score (nSPS) is 10.4. The minimum Gasteiger partial charge on any atom is -0.466 e. The van der Waals surface area contributed by atoms with Crippen molar-refractivity contribution in [1.82, 2.24) is 14.8 Å². The van der Waals surface area contributed by atoms with E-state index in [0.29, 0.717) is 11.0 Å². The molecule has 0 unspecified atom stereocenters. The summed E-state index contributed by atoms with van der Waals surface area (Å²) in [5.74, 6) is -0.597. The molecule has 0 bridgehead atoms. The van der Waals surface area contributed by atoms with E-state index in [4.69, 9.17) is 21.1 Å². The lowest BCUT2D eigenvalue weighted by molar-refractivity contribution is -0.142. The molecule has 23 heavy (non-hydrogen) atoms. The van der Waals surface area contributed by atoms with E-state index < -0.39 is 11.9 Å². The molecule has 2 heterocycles. The number of hydrogen-bond donors (Lipinski definition) is 0. The molecule has 0 saturated carbocycles. The highest BCUT2D eigenvalue weighted by atomic mass is 35.5. The molecule has 122 valence electrons. The zero-order valence-corrected chi connectivity index (χ0v) is 13.5. The lowest BCUT2D eigenvalue weighted by Gasteiger charge is -2.02. The molecule has 2 aromatic rings. The first-order chi connectivity index (χ1) is 11.0. The summed E-state index contributed by atoms with van der Waals surface area (Å²) in [6, 6.07) is 5.02. The van der Waals surface area contributed by atoms with E-state index in [1.165, 1.54) is 10.9 Å². The molecule has 0 N–H and O–H groups in total. The zero-order chi connectivity index (χ0) is 16.8. The minimum absolute atomic E-state index is 0.129. The SMILES string of the molecule is CCOC(=O)Cc1nn(-c2cccc(Cl)n2)cc1C(=O)OCC. The van der Waals surface area contributed by atoms with Gasteiger partial charge in [0.2, 0.25) is 0 Å². The predicted molar refractivity (Wildman–Crippen MR) is 82.7 cm³/mol. The zero-order valence-electron chi connectivity index (χ0n) is 12.8. The van der Waals surface area contributed by atoms with Crippen LogP contribution in [0.4, 0.5) is 0 Å². The van der Waals surface area contributed by atoms with Crippen LogP contribution in [0.5, 0.6) is 0 Å². The van der Waals surface area contributed by atoms with Crippen LogP contribution in [0, 0.1) is 0 Å². The van der Waals surface area contributed by atoms with Crippen LogP contribution in [0.15, 0.2) is 24.4 Å². The summed E-state index contributed by atoms with van der Waals surface area (Å²) in [5, 5.41) is 4.54. The molecule has 0 aliphatic rings. The average Bonchev–Trinajstić information content (AvgIpc) is 2.91. The second-order valence-electron chi connectivity index (χ2n) is 4.45. The van der Waals surface area contributed by atoms with Crippen LogP contribution in [0.1, 0.15) is 29.9 Å². The molecule has 0 atom stereocenters. The quantitative estimate of drug-likeness (QED) is 0.593. The maximum Gasteiger partial charge on any atom is 0.341 e. The highest BCUT2D eigenvalue weighted by Crippen LogP contribution is 2.15. The van der Waals surface area contributed by atoms with Gasteiger partial charge in [-0.25, -0.2) is 14.5 Å². The van der Waals surface area contributed by atoms with Crippen molar-refractivity contribution >= 4 is 23.5 Å². The number of ether oxygens (including phenoxy) is 2. The van der Waals surface area contributed by atoms with Crippen LogP contribution in [-0.4, -0.2) is 39.9 Å². The van der Waals surface area contributed by atoms with E-state index >= 15 is 0 Å². The van der Waals surface area contributed by atoms with Gasteiger partial charge in [-0.2, -0.15) is 5.10 Å². The van der Waals surface area contributed by atoms with E-state index in [9.17, 15) is 9.59 Å². The van der Waals surface area contributed by atoms with Crippen molar-refractivity contribution in [2.24, 2.45) is 0 Å². The van der Waals surface area contributed by atoms with Gasteiger partial charge < -0.3 is 9.47 Å². The lowest BCUT2D eigenvalue weighted by atomic mass is 10.2. The van der Waals surface area contributed by atoms with Crippen LogP contribution in [-0.2, 0) is 20.7 Å². The van der Waals surface area contributed by atoms with Crippen molar-refractivity contribution in [2.75, 3.05) is 13.2 Å². The summed E-state index contributed by atoms with van der Waals surface area (Å²) in [6.07, 6.45) is 1.33. The van der Waals surface area contributed by atoms with Crippen molar-refractivity contribution in [2.45, 2.75) is 20.3 Å². The number of rotatable bonds is 6. The van der Waals surface area contributed by atoms with Gasteiger partial charge in [-0.1, -0.05) is 17.7 Å². The highest BCUT2D eigenvalue weighted by molar-refractivity contribution is 6.29. The van der Waals surface area contributed by atoms with Gasteiger partial charge in [0.05, 0.1) is 25.3 Å². The summed E-state index contributed by atoms with van der Waals surface area (Å²) in [5.41, 5.74) is 0.463. The van der Waals surface area contributed by atoms with E-state index in [1.54, 1.807) is 32.0 Å². The molecule has 0 amide bonds. The van der Waals surface area contributed by atoms with Gasteiger partial charge in [0.25, 0.3) is 0 Å². The molecule has 0 aliphatic carbocycles. The largest absolute Gasteiger partial charge is 0.466 e. The fraction of sp³-hybridized carbons (Fsp3) is 0.333. The number of aromatic nitrogens is 3. The van der Waals surface area contributed by atoms with Crippen molar-refractivity contribution in [1.29, 1.82) is 0 Å². The first-order valence-electron chi connectivity index (χ1n) is 7.09. The second kappa shape index (κ2) is 7.73. The molecule has 2 rings (SSSR count). The van der Waals surface area contributed by atoms with Gasteiger partial charge in [-0.3, -0.25) is 4.79 Å². The highest BCUT2D eigenvalue weighted by Gasteiger charge is 2.21. The fourth-order valence-corrected chi connectivity index (χ4v) is 2.07. The molecule has 0 aromatic carbocycles. The van der Waals surface area contributed by atoms with Gasteiger partial charge in [-0.15, -0.1) is 0 Å². The molecule has 0 fully saturated rings. The van der Waals surface area contributed by atoms with Gasteiger partial charge >= 0.3 is 11.9 Å². The molecular formula is C15H16ClN3O4. The summed E-state index contributed by atoms with van der Waals surface area (Å²) >= 11 is 5.86. The summed E-state index contributed by atoms with van der Waals surface area (Å²) in [4.78, 5) is 27.8.